The summed E-state index contributed by atoms with van der Waals surface area (Å²) in [6, 6.07) is 10.2. The molecule has 0 radical (unpaired) electrons. The number of carbonyl (C=O) groups excluding carboxylic acids is 3. The van der Waals surface area contributed by atoms with Gasteiger partial charge in [-0.25, -0.2) is 0 Å². The van der Waals surface area contributed by atoms with Crippen molar-refractivity contribution < 1.29 is 19.1 Å². The Morgan fingerprint density at radius 3 is 2.33 bits per heavy atom. The number of rotatable bonds is 4. The van der Waals surface area contributed by atoms with Gasteiger partial charge in [-0.3, -0.25) is 14.4 Å². The molecule has 0 unspecified atom stereocenters. The van der Waals surface area contributed by atoms with E-state index in [4.69, 9.17) is 10.5 Å². The third kappa shape index (κ3) is 2.69. The van der Waals surface area contributed by atoms with Gasteiger partial charge in [0.25, 0.3) is 0 Å². The Morgan fingerprint density at radius 2 is 1.67 bits per heavy atom. The molecule has 0 spiro atoms. The van der Waals surface area contributed by atoms with E-state index in [2.05, 4.69) is 0 Å². The summed E-state index contributed by atoms with van der Waals surface area (Å²) < 4.78 is 4.90. The van der Waals surface area contributed by atoms with E-state index in [1.165, 1.54) is 6.92 Å². The fraction of sp³-hybridized carbons (Fsp3) is 0.211. The minimum absolute atomic E-state index is 0.182. The minimum Gasteiger partial charge on any atom is -0.466 e. The van der Waals surface area contributed by atoms with E-state index >= 15 is 0 Å². The largest absolute Gasteiger partial charge is 0.466 e. The molecule has 122 valence electrons. The van der Waals surface area contributed by atoms with Crippen molar-refractivity contribution in [3.05, 3.63) is 64.2 Å². The molecule has 0 amide bonds. The maximum atomic E-state index is 12.7. The van der Waals surface area contributed by atoms with E-state index in [1.807, 2.05) is 0 Å². The van der Waals surface area contributed by atoms with Crippen LogP contribution in [0.1, 0.15) is 50.8 Å². The molecule has 0 heterocycles. The fourth-order valence-corrected chi connectivity index (χ4v) is 2.95. The summed E-state index contributed by atoms with van der Waals surface area (Å²) in [4.78, 5) is 36.1. The van der Waals surface area contributed by atoms with Crippen LogP contribution in [0.15, 0.2) is 36.4 Å². The third-order valence-electron chi connectivity index (χ3n) is 4.12. The molecule has 0 aliphatic heterocycles. The molecule has 0 saturated heterocycles. The molecule has 2 aromatic rings. The van der Waals surface area contributed by atoms with Gasteiger partial charge in [0.1, 0.15) is 0 Å². The minimum atomic E-state index is -0.328. The number of nitrogen functional groups attached to an aromatic ring is 1. The third-order valence-corrected chi connectivity index (χ3v) is 4.12. The summed E-state index contributed by atoms with van der Waals surface area (Å²) in [6.45, 7) is 1.65. The Balaban J connectivity index is 1.92. The maximum absolute atomic E-state index is 12.7. The summed E-state index contributed by atoms with van der Waals surface area (Å²) in [7, 11) is 0. The lowest BCUT2D eigenvalue weighted by Gasteiger charge is -2.20. The van der Waals surface area contributed by atoms with E-state index in [-0.39, 0.29) is 23.1 Å². The van der Waals surface area contributed by atoms with Crippen LogP contribution >= 0.6 is 0 Å². The van der Waals surface area contributed by atoms with E-state index < -0.39 is 0 Å². The van der Waals surface area contributed by atoms with Crippen LogP contribution < -0.4 is 5.73 Å². The molecule has 1 aliphatic carbocycles. The van der Waals surface area contributed by atoms with Crippen LogP contribution in [0.5, 0.6) is 0 Å². The van der Waals surface area contributed by atoms with Crippen LogP contribution in [-0.2, 0) is 16.0 Å². The Hall–Kier alpha value is -2.95. The molecule has 0 atom stereocenters. The Kier molecular flexibility index (Phi) is 4.16. The molecular weight excluding hydrogens is 306 g/mol. The molecule has 0 bridgehead atoms. The molecule has 0 saturated carbocycles. The number of hydrogen-bond acceptors (Lipinski definition) is 5. The maximum Gasteiger partial charge on any atom is 0.302 e. The highest BCUT2D eigenvalue weighted by Crippen LogP contribution is 2.32. The second kappa shape index (κ2) is 6.28. The summed E-state index contributed by atoms with van der Waals surface area (Å²) in [6.07, 6.45) is 1.16. The SMILES string of the molecule is CC(=O)OCCCc1ccc2c(c1N)C(=O)c1ccccc1C2=O. The molecule has 5 heteroatoms. The first kappa shape index (κ1) is 15.9. The van der Waals surface area contributed by atoms with Crippen molar-refractivity contribution in [2.75, 3.05) is 12.3 Å². The van der Waals surface area contributed by atoms with Crippen molar-refractivity contribution in [1.29, 1.82) is 0 Å². The van der Waals surface area contributed by atoms with Gasteiger partial charge in [0, 0.05) is 29.3 Å². The van der Waals surface area contributed by atoms with Gasteiger partial charge in [-0.2, -0.15) is 0 Å². The zero-order valence-corrected chi connectivity index (χ0v) is 13.3. The van der Waals surface area contributed by atoms with Crippen LogP contribution in [0.4, 0.5) is 5.69 Å². The van der Waals surface area contributed by atoms with Crippen molar-refractivity contribution in [3.63, 3.8) is 0 Å². The van der Waals surface area contributed by atoms with Crippen LogP contribution in [0.25, 0.3) is 0 Å². The first-order chi connectivity index (χ1) is 11.5. The first-order valence-electron chi connectivity index (χ1n) is 7.74. The molecular formula is C19H17NO4. The van der Waals surface area contributed by atoms with Crippen molar-refractivity contribution in [2.24, 2.45) is 0 Å². The van der Waals surface area contributed by atoms with Gasteiger partial charge in [-0.1, -0.05) is 30.3 Å². The van der Waals surface area contributed by atoms with Crippen LogP contribution in [-0.4, -0.2) is 24.1 Å². The summed E-state index contributed by atoms with van der Waals surface area (Å²) in [5.41, 5.74) is 8.72. The predicted molar refractivity (Wildman–Crippen MR) is 89.1 cm³/mol. The fourth-order valence-electron chi connectivity index (χ4n) is 2.95. The smallest absolute Gasteiger partial charge is 0.302 e. The molecule has 24 heavy (non-hydrogen) atoms. The monoisotopic (exact) mass is 323 g/mol. The van der Waals surface area contributed by atoms with Gasteiger partial charge in [-0.05, 0) is 24.5 Å². The number of fused-ring (bicyclic) bond motifs is 2. The van der Waals surface area contributed by atoms with Crippen molar-refractivity contribution in [2.45, 2.75) is 19.8 Å². The standard InChI is InChI=1S/C19H17NO4/c1-11(21)24-10-4-5-12-8-9-15-16(17(12)20)19(23)14-7-3-2-6-13(14)18(15)22/h2-3,6-9H,4-5,10,20H2,1H3. The molecule has 2 aromatic carbocycles. The Morgan fingerprint density at radius 1 is 1.00 bits per heavy atom. The van der Waals surface area contributed by atoms with Gasteiger partial charge in [0.2, 0.25) is 0 Å². The zero-order chi connectivity index (χ0) is 17.3. The number of esters is 1. The second-order valence-electron chi connectivity index (χ2n) is 5.71. The second-order valence-corrected chi connectivity index (χ2v) is 5.71. The number of benzene rings is 2. The molecule has 1 aliphatic rings. The van der Waals surface area contributed by atoms with Crippen molar-refractivity contribution in [3.8, 4) is 0 Å². The van der Waals surface area contributed by atoms with Gasteiger partial charge < -0.3 is 10.5 Å². The van der Waals surface area contributed by atoms with Crippen molar-refractivity contribution >= 4 is 23.2 Å². The Labute approximate surface area is 139 Å². The summed E-state index contributed by atoms with van der Waals surface area (Å²) in [5, 5.41) is 0. The predicted octanol–water partition coefficient (Wildman–Crippen LogP) is 2.54. The number of aryl methyl sites for hydroxylation is 1. The number of ketones is 2. The number of anilines is 1. The van der Waals surface area contributed by atoms with E-state index in [1.54, 1.807) is 36.4 Å². The average molecular weight is 323 g/mol. The molecule has 0 aromatic heterocycles. The van der Waals surface area contributed by atoms with Crippen LogP contribution in [0.2, 0.25) is 0 Å². The Bertz CT molecular complexity index is 854. The van der Waals surface area contributed by atoms with Gasteiger partial charge in [0.15, 0.2) is 11.6 Å². The van der Waals surface area contributed by atoms with Gasteiger partial charge in [-0.15, -0.1) is 0 Å². The van der Waals surface area contributed by atoms with Crippen molar-refractivity contribution in [1.82, 2.24) is 0 Å². The summed E-state index contributed by atoms with van der Waals surface area (Å²) >= 11 is 0. The quantitative estimate of drug-likeness (QED) is 0.453. The molecule has 0 fully saturated rings. The van der Waals surface area contributed by atoms with Gasteiger partial charge in [0.05, 0.1) is 12.2 Å². The lowest BCUT2D eigenvalue weighted by atomic mass is 9.82. The average Bonchev–Trinajstić information content (AvgIpc) is 2.57. The van der Waals surface area contributed by atoms with E-state index in [0.717, 1.165) is 5.56 Å². The topological polar surface area (TPSA) is 86.5 Å². The highest BCUT2D eigenvalue weighted by molar-refractivity contribution is 6.30. The first-order valence-corrected chi connectivity index (χ1v) is 7.74. The normalized spacial score (nSPS) is 12.5. The van der Waals surface area contributed by atoms with Crippen LogP contribution in [0, 0.1) is 0 Å². The van der Waals surface area contributed by atoms with Gasteiger partial charge >= 0.3 is 5.97 Å². The highest BCUT2D eigenvalue weighted by Gasteiger charge is 2.31. The molecule has 3 rings (SSSR count). The molecule has 2 N–H and O–H groups in total. The number of nitrogens with two attached hydrogens (primary N) is 1. The van der Waals surface area contributed by atoms with E-state index in [0.29, 0.717) is 41.8 Å². The lowest BCUT2D eigenvalue weighted by molar-refractivity contribution is -0.141. The zero-order valence-electron chi connectivity index (χ0n) is 13.3. The summed E-state index contributed by atoms with van der Waals surface area (Å²) in [5.74, 6) is -0.733. The highest BCUT2D eigenvalue weighted by atomic mass is 16.5. The number of ether oxygens (including phenoxy) is 1. The lowest BCUT2D eigenvalue weighted by Crippen LogP contribution is -2.23. The van der Waals surface area contributed by atoms with Crippen LogP contribution in [0.3, 0.4) is 0 Å². The molecule has 5 nitrogen and oxygen atoms in total. The number of carbonyl (C=O) groups is 3. The number of hydrogen-bond donors (Lipinski definition) is 1. The van der Waals surface area contributed by atoms with E-state index in [9.17, 15) is 14.4 Å².